The number of amides is 1. The molecular weight excluding hydrogens is 230 g/mol. The largest absolute Gasteiger partial charge is 0.481 e. The molecular formula is C9H13N3O3S. The molecule has 1 heterocycles. The first-order valence-electron chi connectivity index (χ1n) is 4.86. The maximum Gasteiger partial charge on any atom is 0.305 e. The van der Waals surface area contributed by atoms with Gasteiger partial charge < -0.3 is 10.0 Å². The molecule has 1 rings (SSSR count). The third-order valence-corrected chi connectivity index (χ3v) is 2.83. The lowest BCUT2D eigenvalue weighted by Gasteiger charge is -2.26. The summed E-state index contributed by atoms with van der Waals surface area (Å²) in [5.74, 6) is -1.13. The first kappa shape index (κ1) is 12.6. The van der Waals surface area contributed by atoms with Gasteiger partial charge in [-0.2, -0.15) is 0 Å². The second-order valence-corrected chi connectivity index (χ2v) is 4.11. The molecule has 7 heteroatoms. The van der Waals surface area contributed by atoms with Crippen LogP contribution in [-0.2, 0) is 4.79 Å². The van der Waals surface area contributed by atoms with Crippen molar-refractivity contribution >= 4 is 23.4 Å². The zero-order valence-corrected chi connectivity index (χ0v) is 9.90. The van der Waals surface area contributed by atoms with Gasteiger partial charge in [0.25, 0.3) is 5.91 Å². The number of hydrogen-bond donors (Lipinski definition) is 1. The monoisotopic (exact) mass is 243 g/mol. The number of rotatable bonds is 5. The van der Waals surface area contributed by atoms with Crippen LogP contribution in [0.1, 0.15) is 29.9 Å². The number of aromatic nitrogens is 2. The van der Waals surface area contributed by atoms with Crippen molar-refractivity contribution in [1.29, 1.82) is 0 Å². The Hall–Kier alpha value is -1.50. The zero-order valence-electron chi connectivity index (χ0n) is 9.08. The molecule has 1 atom stereocenters. The van der Waals surface area contributed by atoms with E-state index < -0.39 is 5.97 Å². The van der Waals surface area contributed by atoms with Gasteiger partial charge in [-0.3, -0.25) is 9.59 Å². The summed E-state index contributed by atoms with van der Waals surface area (Å²) in [6, 6.07) is -0.336. The van der Waals surface area contributed by atoms with Gasteiger partial charge in [-0.25, -0.2) is 0 Å². The molecule has 0 saturated heterocycles. The van der Waals surface area contributed by atoms with Crippen LogP contribution in [0.25, 0.3) is 0 Å². The van der Waals surface area contributed by atoms with E-state index in [4.69, 9.17) is 5.11 Å². The van der Waals surface area contributed by atoms with Gasteiger partial charge >= 0.3 is 5.97 Å². The summed E-state index contributed by atoms with van der Waals surface area (Å²) in [5.41, 5.74) is 0. The second kappa shape index (κ2) is 5.55. The molecule has 1 aromatic heterocycles. The fraction of sp³-hybridized carbons (Fsp3) is 0.556. The third kappa shape index (κ3) is 2.99. The molecule has 0 aromatic carbocycles. The Morgan fingerprint density at radius 1 is 1.62 bits per heavy atom. The Kier molecular flexibility index (Phi) is 4.36. The lowest BCUT2D eigenvalue weighted by atomic mass is 10.2. The lowest BCUT2D eigenvalue weighted by molar-refractivity contribution is -0.138. The number of aliphatic carboxylic acids is 1. The molecule has 0 fully saturated rings. The average molecular weight is 243 g/mol. The van der Waals surface area contributed by atoms with Crippen LogP contribution in [0.15, 0.2) is 6.20 Å². The lowest BCUT2D eigenvalue weighted by Crippen LogP contribution is -2.39. The van der Waals surface area contributed by atoms with E-state index in [0.717, 1.165) is 11.5 Å². The summed E-state index contributed by atoms with van der Waals surface area (Å²) in [4.78, 5) is 24.4. The first-order valence-corrected chi connectivity index (χ1v) is 5.63. The highest BCUT2D eigenvalue weighted by molar-refractivity contribution is 7.07. The third-order valence-electron chi connectivity index (χ3n) is 2.18. The topological polar surface area (TPSA) is 83.4 Å². The van der Waals surface area contributed by atoms with Gasteiger partial charge in [0.2, 0.25) is 0 Å². The van der Waals surface area contributed by atoms with Crippen LogP contribution in [0.4, 0.5) is 0 Å². The van der Waals surface area contributed by atoms with Crippen LogP contribution in [0.3, 0.4) is 0 Å². The van der Waals surface area contributed by atoms with Gasteiger partial charge in [-0.1, -0.05) is 4.49 Å². The highest BCUT2D eigenvalue weighted by Crippen LogP contribution is 2.12. The van der Waals surface area contributed by atoms with Gasteiger partial charge in [-0.05, 0) is 25.4 Å². The highest BCUT2D eigenvalue weighted by Gasteiger charge is 2.23. The maximum atomic E-state index is 11.9. The zero-order chi connectivity index (χ0) is 12.1. The van der Waals surface area contributed by atoms with E-state index in [9.17, 15) is 9.59 Å². The SMILES string of the molecule is CCN(C(=O)c1cnns1)C(C)CC(=O)O. The molecule has 1 aromatic rings. The van der Waals surface area contributed by atoms with E-state index in [2.05, 4.69) is 9.59 Å². The first-order chi connectivity index (χ1) is 7.56. The van der Waals surface area contributed by atoms with Gasteiger partial charge in [0.15, 0.2) is 0 Å². The van der Waals surface area contributed by atoms with Crippen LogP contribution in [0, 0.1) is 0 Å². The normalized spacial score (nSPS) is 12.1. The Bertz CT molecular complexity index is 366. The molecule has 1 unspecified atom stereocenters. The maximum absolute atomic E-state index is 11.9. The van der Waals surface area contributed by atoms with Crippen LogP contribution in [0.5, 0.6) is 0 Å². The van der Waals surface area contributed by atoms with Crippen molar-refractivity contribution in [2.75, 3.05) is 6.54 Å². The van der Waals surface area contributed by atoms with E-state index >= 15 is 0 Å². The summed E-state index contributed by atoms with van der Waals surface area (Å²) in [6.45, 7) is 3.99. The van der Waals surface area contributed by atoms with Crippen LogP contribution >= 0.6 is 11.5 Å². The second-order valence-electron chi connectivity index (χ2n) is 3.32. The van der Waals surface area contributed by atoms with E-state index in [1.165, 1.54) is 11.1 Å². The minimum absolute atomic E-state index is 0.0637. The summed E-state index contributed by atoms with van der Waals surface area (Å²) >= 11 is 1.01. The molecule has 0 radical (unpaired) electrons. The molecule has 0 aliphatic rings. The van der Waals surface area contributed by atoms with Crippen molar-refractivity contribution in [3.8, 4) is 0 Å². The van der Waals surface area contributed by atoms with E-state index in [-0.39, 0.29) is 18.4 Å². The van der Waals surface area contributed by atoms with Gasteiger partial charge in [0, 0.05) is 12.6 Å². The van der Waals surface area contributed by atoms with Crippen molar-refractivity contribution in [2.24, 2.45) is 0 Å². The number of carbonyl (C=O) groups excluding carboxylic acids is 1. The van der Waals surface area contributed by atoms with Crippen molar-refractivity contribution in [3.63, 3.8) is 0 Å². The number of nitrogens with zero attached hydrogens (tertiary/aromatic N) is 3. The van der Waals surface area contributed by atoms with Crippen molar-refractivity contribution in [1.82, 2.24) is 14.5 Å². The van der Waals surface area contributed by atoms with Crippen molar-refractivity contribution in [3.05, 3.63) is 11.1 Å². The van der Waals surface area contributed by atoms with E-state index in [1.54, 1.807) is 6.92 Å². The standard InChI is InChI=1S/C9H13N3O3S/c1-3-12(6(2)4-8(13)14)9(15)7-5-10-11-16-7/h5-6H,3-4H2,1-2H3,(H,13,14). The molecule has 1 N–H and O–H groups in total. The Balaban J connectivity index is 2.74. The predicted molar refractivity (Wildman–Crippen MR) is 58.3 cm³/mol. The quantitative estimate of drug-likeness (QED) is 0.829. The molecule has 0 saturated carbocycles. The Labute approximate surface area is 97.1 Å². The summed E-state index contributed by atoms with van der Waals surface area (Å²) in [6.07, 6.45) is 1.33. The molecule has 0 aliphatic heterocycles. The van der Waals surface area contributed by atoms with Crippen LogP contribution in [-0.4, -0.2) is 44.1 Å². The molecule has 0 aliphatic carbocycles. The molecule has 0 bridgehead atoms. The average Bonchev–Trinajstić information content (AvgIpc) is 2.69. The fourth-order valence-electron chi connectivity index (χ4n) is 1.42. The molecule has 1 amide bonds. The molecule has 6 nitrogen and oxygen atoms in total. The predicted octanol–water partition coefficient (Wildman–Crippen LogP) is 0.863. The number of carboxylic acids is 1. The number of carboxylic acid groups (broad SMARTS) is 1. The summed E-state index contributed by atoms with van der Waals surface area (Å²) in [5, 5.41) is 12.3. The summed E-state index contributed by atoms with van der Waals surface area (Å²) < 4.78 is 3.61. The highest BCUT2D eigenvalue weighted by atomic mass is 32.1. The fourth-order valence-corrected chi connectivity index (χ4v) is 1.89. The van der Waals surface area contributed by atoms with Crippen molar-refractivity contribution < 1.29 is 14.7 Å². The van der Waals surface area contributed by atoms with Gasteiger partial charge in [0.1, 0.15) is 4.88 Å². The minimum Gasteiger partial charge on any atom is -0.481 e. The van der Waals surface area contributed by atoms with Gasteiger partial charge in [-0.15, -0.1) is 5.10 Å². The van der Waals surface area contributed by atoms with E-state index in [0.29, 0.717) is 11.4 Å². The van der Waals surface area contributed by atoms with Crippen LogP contribution < -0.4 is 0 Å². The Morgan fingerprint density at radius 2 is 2.31 bits per heavy atom. The molecule has 88 valence electrons. The molecule has 16 heavy (non-hydrogen) atoms. The van der Waals surface area contributed by atoms with E-state index in [1.807, 2.05) is 6.92 Å². The smallest absolute Gasteiger partial charge is 0.305 e. The molecule has 0 spiro atoms. The summed E-state index contributed by atoms with van der Waals surface area (Å²) in [7, 11) is 0. The van der Waals surface area contributed by atoms with Crippen LogP contribution in [0.2, 0.25) is 0 Å². The van der Waals surface area contributed by atoms with Gasteiger partial charge in [0.05, 0.1) is 12.6 Å². The number of hydrogen-bond acceptors (Lipinski definition) is 5. The number of carbonyl (C=O) groups is 2. The Morgan fingerprint density at radius 3 is 2.75 bits per heavy atom. The van der Waals surface area contributed by atoms with Crippen molar-refractivity contribution in [2.45, 2.75) is 26.3 Å². The minimum atomic E-state index is -0.916.